The molecule has 1 heterocycles. The smallest absolute Gasteiger partial charge is 0.106 e. The molecule has 0 saturated carbocycles. The van der Waals surface area contributed by atoms with Crippen LogP contribution in [0.2, 0.25) is 5.02 Å². The van der Waals surface area contributed by atoms with Crippen LogP contribution in [0.25, 0.3) is 5.69 Å². The zero-order valence-corrected chi connectivity index (χ0v) is 12.1. The maximum Gasteiger partial charge on any atom is 0.106 e. The highest BCUT2D eigenvalue weighted by atomic mass is 35.5. The fraction of sp³-hybridized carbons (Fsp3) is 0.231. The number of halogens is 1. The molecule has 1 aromatic heterocycles. The van der Waals surface area contributed by atoms with Crippen LogP contribution in [0.1, 0.15) is 22.5 Å². The first-order valence-electron chi connectivity index (χ1n) is 5.54. The Labute approximate surface area is 117 Å². The Kier molecular flexibility index (Phi) is 3.41. The topological polar surface area (TPSA) is 43.8 Å². The van der Waals surface area contributed by atoms with E-state index in [4.69, 9.17) is 29.6 Å². The van der Waals surface area contributed by atoms with E-state index >= 15 is 0 Å². The Hall–Kier alpha value is -1.39. The second-order valence-corrected chi connectivity index (χ2v) is 5.10. The standard InChI is InChI=1S/C13H14ClN3S/c1-7-4-5-10(13(15)18)11(6-7)17-9(3)12(14)8(2)16-17/h4-6H,1-3H3,(H2,15,18). The summed E-state index contributed by atoms with van der Waals surface area (Å²) in [7, 11) is 0. The van der Waals surface area contributed by atoms with E-state index in [-0.39, 0.29) is 0 Å². The minimum absolute atomic E-state index is 0.355. The molecule has 0 atom stereocenters. The summed E-state index contributed by atoms with van der Waals surface area (Å²) in [5.74, 6) is 0. The van der Waals surface area contributed by atoms with Crippen molar-refractivity contribution in [2.24, 2.45) is 5.73 Å². The Bertz CT molecular complexity index is 631. The quantitative estimate of drug-likeness (QED) is 0.859. The Morgan fingerprint density at radius 1 is 1.33 bits per heavy atom. The maximum absolute atomic E-state index is 6.17. The van der Waals surface area contributed by atoms with Crippen molar-refractivity contribution in [3.05, 3.63) is 45.7 Å². The summed E-state index contributed by atoms with van der Waals surface area (Å²) in [5, 5.41) is 5.11. The minimum Gasteiger partial charge on any atom is -0.389 e. The van der Waals surface area contributed by atoms with Gasteiger partial charge in [0.15, 0.2) is 0 Å². The molecule has 0 unspecified atom stereocenters. The SMILES string of the molecule is Cc1ccc(C(N)=S)c(-n2nc(C)c(Cl)c2C)c1. The molecule has 2 aromatic rings. The van der Waals surface area contributed by atoms with E-state index in [2.05, 4.69) is 5.10 Å². The third kappa shape index (κ3) is 2.13. The molecule has 0 spiro atoms. The van der Waals surface area contributed by atoms with E-state index in [1.54, 1.807) is 4.68 Å². The molecule has 2 N–H and O–H groups in total. The maximum atomic E-state index is 6.17. The number of hydrogen-bond donors (Lipinski definition) is 1. The highest BCUT2D eigenvalue weighted by Crippen LogP contribution is 2.25. The lowest BCUT2D eigenvalue weighted by Crippen LogP contribution is -2.14. The van der Waals surface area contributed by atoms with Crippen molar-refractivity contribution in [2.45, 2.75) is 20.8 Å². The van der Waals surface area contributed by atoms with E-state index in [1.807, 2.05) is 39.0 Å². The van der Waals surface area contributed by atoms with Crippen LogP contribution in [0, 0.1) is 20.8 Å². The van der Waals surface area contributed by atoms with Crippen LogP contribution in [0.15, 0.2) is 18.2 Å². The second kappa shape index (κ2) is 4.71. The van der Waals surface area contributed by atoms with Crippen LogP contribution < -0.4 is 5.73 Å². The highest BCUT2D eigenvalue weighted by Gasteiger charge is 2.14. The number of aromatic nitrogens is 2. The van der Waals surface area contributed by atoms with Crippen LogP contribution in [-0.2, 0) is 0 Å². The van der Waals surface area contributed by atoms with Crippen molar-refractivity contribution in [1.82, 2.24) is 9.78 Å². The average Bonchev–Trinajstić information content (AvgIpc) is 2.56. The summed E-state index contributed by atoms with van der Waals surface area (Å²) >= 11 is 11.3. The van der Waals surface area contributed by atoms with Gasteiger partial charge >= 0.3 is 0 Å². The number of nitrogens with two attached hydrogens (primary N) is 1. The molecule has 0 aliphatic carbocycles. The van der Waals surface area contributed by atoms with Gasteiger partial charge in [-0.15, -0.1) is 0 Å². The van der Waals surface area contributed by atoms with Crippen LogP contribution in [-0.4, -0.2) is 14.8 Å². The molecular weight excluding hydrogens is 266 g/mol. The zero-order chi connectivity index (χ0) is 13.4. The van der Waals surface area contributed by atoms with Crippen molar-refractivity contribution in [2.75, 3.05) is 0 Å². The largest absolute Gasteiger partial charge is 0.389 e. The van der Waals surface area contributed by atoms with Gasteiger partial charge in [-0.25, -0.2) is 4.68 Å². The van der Waals surface area contributed by atoms with Crippen LogP contribution >= 0.6 is 23.8 Å². The van der Waals surface area contributed by atoms with Gasteiger partial charge in [0.25, 0.3) is 0 Å². The fourth-order valence-electron chi connectivity index (χ4n) is 1.88. The average molecular weight is 280 g/mol. The Balaban J connectivity index is 2.73. The van der Waals surface area contributed by atoms with Gasteiger partial charge < -0.3 is 5.73 Å². The first kappa shape index (κ1) is 13.1. The predicted molar refractivity (Wildman–Crippen MR) is 78.7 cm³/mol. The van der Waals surface area contributed by atoms with Gasteiger partial charge in [0, 0.05) is 5.56 Å². The van der Waals surface area contributed by atoms with E-state index in [0.29, 0.717) is 10.0 Å². The lowest BCUT2D eigenvalue weighted by atomic mass is 10.1. The first-order chi connectivity index (χ1) is 8.41. The summed E-state index contributed by atoms with van der Waals surface area (Å²) in [5.41, 5.74) is 10.2. The molecule has 5 heteroatoms. The molecule has 0 radical (unpaired) electrons. The summed E-state index contributed by atoms with van der Waals surface area (Å²) in [6.45, 7) is 5.82. The molecule has 2 rings (SSSR count). The molecule has 0 amide bonds. The van der Waals surface area contributed by atoms with E-state index in [9.17, 15) is 0 Å². The van der Waals surface area contributed by atoms with E-state index in [0.717, 1.165) is 28.2 Å². The van der Waals surface area contributed by atoms with Crippen LogP contribution in [0.5, 0.6) is 0 Å². The number of hydrogen-bond acceptors (Lipinski definition) is 2. The number of nitrogens with zero attached hydrogens (tertiary/aromatic N) is 2. The van der Waals surface area contributed by atoms with E-state index in [1.165, 1.54) is 0 Å². The molecule has 0 aliphatic heterocycles. The molecule has 18 heavy (non-hydrogen) atoms. The zero-order valence-electron chi connectivity index (χ0n) is 10.5. The van der Waals surface area contributed by atoms with Gasteiger partial charge in [0.05, 0.1) is 22.1 Å². The number of rotatable bonds is 2. The third-order valence-electron chi connectivity index (χ3n) is 2.85. The predicted octanol–water partition coefficient (Wildman–Crippen LogP) is 3.09. The molecule has 0 saturated heterocycles. The van der Waals surface area contributed by atoms with Crippen LogP contribution in [0.4, 0.5) is 0 Å². The minimum atomic E-state index is 0.355. The fourth-order valence-corrected chi connectivity index (χ4v) is 2.17. The lowest BCUT2D eigenvalue weighted by molar-refractivity contribution is 0.831. The van der Waals surface area contributed by atoms with Gasteiger partial charge in [0.1, 0.15) is 4.99 Å². The normalized spacial score (nSPS) is 10.7. The number of aryl methyl sites for hydroxylation is 2. The first-order valence-corrected chi connectivity index (χ1v) is 6.33. The van der Waals surface area contributed by atoms with Gasteiger partial charge in [-0.05, 0) is 38.5 Å². The Morgan fingerprint density at radius 2 is 2.00 bits per heavy atom. The molecule has 3 nitrogen and oxygen atoms in total. The second-order valence-electron chi connectivity index (χ2n) is 4.28. The monoisotopic (exact) mass is 279 g/mol. The van der Waals surface area contributed by atoms with Gasteiger partial charge in [-0.1, -0.05) is 29.9 Å². The summed E-state index contributed by atoms with van der Waals surface area (Å²) in [4.78, 5) is 0.355. The summed E-state index contributed by atoms with van der Waals surface area (Å²) in [6, 6.07) is 5.90. The van der Waals surface area contributed by atoms with Gasteiger partial charge in [0.2, 0.25) is 0 Å². The Morgan fingerprint density at radius 3 is 2.50 bits per heavy atom. The molecule has 0 fully saturated rings. The third-order valence-corrected chi connectivity index (χ3v) is 3.62. The number of thiocarbonyl (C=S) groups is 1. The molecule has 0 bridgehead atoms. The lowest BCUT2D eigenvalue weighted by Gasteiger charge is -2.11. The van der Waals surface area contributed by atoms with Crippen molar-refractivity contribution < 1.29 is 0 Å². The summed E-state index contributed by atoms with van der Waals surface area (Å²) in [6.07, 6.45) is 0. The van der Waals surface area contributed by atoms with Crippen LogP contribution in [0.3, 0.4) is 0 Å². The molecule has 94 valence electrons. The molecule has 0 aliphatic rings. The van der Waals surface area contributed by atoms with Crippen molar-refractivity contribution in [3.8, 4) is 5.69 Å². The molecular formula is C13H14ClN3S. The number of benzene rings is 1. The summed E-state index contributed by atoms with van der Waals surface area (Å²) < 4.78 is 1.79. The van der Waals surface area contributed by atoms with Crippen molar-refractivity contribution >= 4 is 28.8 Å². The van der Waals surface area contributed by atoms with Gasteiger partial charge in [-0.3, -0.25) is 0 Å². The van der Waals surface area contributed by atoms with Gasteiger partial charge in [-0.2, -0.15) is 5.10 Å². The highest BCUT2D eigenvalue weighted by molar-refractivity contribution is 7.80. The van der Waals surface area contributed by atoms with Crippen molar-refractivity contribution in [1.29, 1.82) is 0 Å². The molecule has 1 aromatic carbocycles. The van der Waals surface area contributed by atoms with Crippen molar-refractivity contribution in [3.63, 3.8) is 0 Å². The van der Waals surface area contributed by atoms with E-state index < -0.39 is 0 Å².